The van der Waals surface area contributed by atoms with Crippen molar-refractivity contribution >= 4 is 0 Å². The molecular formula is C33H25F7O3. The average Bonchev–Trinajstić information content (AvgIpc) is 2.99. The van der Waals surface area contributed by atoms with E-state index in [1.807, 2.05) is 19.1 Å². The topological polar surface area (TPSA) is 27.7 Å². The van der Waals surface area contributed by atoms with Gasteiger partial charge in [0.2, 0.25) is 0 Å². The smallest absolute Gasteiger partial charge is 0.426 e. The van der Waals surface area contributed by atoms with Gasteiger partial charge in [-0.2, -0.15) is 8.78 Å². The molecule has 0 aliphatic carbocycles. The van der Waals surface area contributed by atoms with Gasteiger partial charge in [-0.15, -0.1) is 0 Å². The molecule has 1 saturated heterocycles. The molecule has 224 valence electrons. The Morgan fingerprint density at radius 3 is 1.93 bits per heavy atom. The van der Waals surface area contributed by atoms with E-state index in [9.17, 15) is 30.7 Å². The minimum atomic E-state index is -3.82. The minimum Gasteiger partial charge on any atom is -0.429 e. The summed E-state index contributed by atoms with van der Waals surface area (Å²) in [7, 11) is 0. The molecule has 0 spiro atoms. The quantitative estimate of drug-likeness (QED) is 0.114. The predicted molar refractivity (Wildman–Crippen MR) is 146 cm³/mol. The van der Waals surface area contributed by atoms with E-state index in [0.29, 0.717) is 30.9 Å². The van der Waals surface area contributed by atoms with Crippen molar-refractivity contribution in [2.45, 2.75) is 25.7 Å². The second-order valence-corrected chi connectivity index (χ2v) is 9.93. The van der Waals surface area contributed by atoms with Crippen LogP contribution < -0.4 is 4.74 Å². The number of benzene rings is 4. The standard InChI is InChI=1S/C33H25F7O3/c1-2-3-4-19-17-41-32(42-18-19)20-5-8-23(9-6-20)33(39,40)43-24-10-12-25(28(35)16-24)21-7-11-26(27(34)13-21)22-14-29(36)31(38)30(37)15-22/h3-16,19,32H,2,17-18H2,1H3. The van der Waals surface area contributed by atoms with Crippen LogP contribution in [0.3, 0.4) is 0 Å². The first-order valence-corrected chi connectivity index (χ1v) is 13.4. The van der Waals surface area contributed by atoms with Gasteiger partial charge in [-0.1, -0.05) is 43.3 Å². The van der Waals surface area contributed by atoms with Crippen molar-refractivity contribution in [1.29, 1.82) is 0 Å². The number of allylic oxidation sites excluding steroid dienone is 1. The van der Waals surface area contributed by atoms with Crippen molar-refractivity contribution in [3.05, 3.63) is 125 Å². The minimum absolute atomic E-state index is 0.0237. The molecule has 0 unspecified atom stereocenters. The van der Waals surface area contributed by atoms with Gasteiger partial charge >= 0.3 is 6.11 Å². The van der Waals surface area contributed by atoms with E-state index in [1.165, 1.54) is 30.3 Å². The average molecular weight is 603 g/mol. The molecule has 0 N–H and O–H groups in total. The highest BCUT2D eigenvalue weighted by molar-refractivity contribution is 5.72. The molecule has 1 aliphatic rings. The Balaban J connectivity index is 1.27. The van der Waals surface area contributed by atoms with E-state index < -0.39 is 52.8 Å². The Morgan fingerprint density at radius 1 is 0.744 bits per heavy atom. The van der Waals surface area contributed by atoms with Crippen LogP contribution in [0.1, 0.15) is 30.8 Å². The zero-order chi connectivity index (χ0) is 30.7. The molecule has 10 heteroatoms. The molecule has 4 aromatic carbocycles. The van der Waals surface area contributed by atoms with Crippen molar-refractivity contribution in [2.75, 3.05) is 13.2 Å². The third-order valence-electron chi connectivity index (χ3n) is 6.85. The summed E-state index contributed by atoms with van der Waals surface area (Å²) in [6.45, 7) is 2.90. The molecule has 0 saturated carbocycles. The Hall–Kier alpha value is -4.15. The molecule has 3 nitrogen and oxygen atoms in total. The van der Waals surface area contributed by atoms with E-state index >= 15 is 0 Å². The summed E-state index contributed by atoms with van der Waals surface area (Å²) >= 11 is 0. The highest BCUT2D eigenvalue weighted by atomic mass is 19.3. The summed E-state index contributed by atoms with van der Waals surface area (Å²) in [6.07, 6.45) is 0.439. The first-order valence-electron chi connectivity index (χ1n) is 13.4. The third kappa shape index (κ3) is 6.76. The Labute approximate surface area is 243 Å². The highest BCUT2D eigenvalue weighted by Gasteiger charge is 2.35. The van der Waals surface area contributed by atoms with Crippen molar-refractivity contribution in [2.24, 2.45) is 5.92 Å². The van der Waals surface area contributed by atoms with Crippen molar-refractivity contribution in [1.82, 2.24) is 0 Å². The normalized spacial score (nSPS) is 17.4. The lowest BCUT2D eigenvalue weighted by molar-refractivity contribution is -0.198. The summed E-state index contributed by atoms with van der Waals surface area (Å²) < 4.78 is 116. The molecule has 43 heavy (non-hydrogen) atoms. The molecule has 0 radical (unpaired) electrons. The van der Waals surface area contributed by atoms with Crippen LogP contribution in [0.5, 0.6) is 5.75 Å². The van der Waals surface area contributed by atoms with E-state index in [0.717, 1.165) is 36.8 Å². The van der Waals surface area contributed by atoms with E-state index in [-0.39, 0.29) is 28.2 Å². The van der Waals surface area contributed by atoms with Crippen LogP contribution in [-0.2, 0) is 15.6 Å². The second-order valence-electron chi connectivity index (χ2n) is 9.93. The van der Waals surface area contributed by atoms with Crippen molar-refractivity contribution in [3.8, 4) is 28.0 Å². The van der Waals surface area contributed by atoms with Crippen LogP contribution >= 0.6 is 0 Å². The maximum absolute atomic E-state index is 15.0. The summed E-state index contributed by atoms with van der Waals surface area (Å²) in [4.78, 5) is 0. The molecule has 0 aromatic heterocycles. The van der Waals surface area contributed by atoms with Crippen LogP contribution in [-0.4, -0.2) is 13.2 Å². The lowest BCUT2D eigenvalue weighted by Gasteiger charge is -2.28. The molecule has 1 fully saturated rings. The van der Waals surface area contributed by atoms with Crippen LogP contribution in [0.4, 0.5) is 30.7 Å². The Bertz CT molecular complexity index is 1610. The molecule has 5 rings (SSSR count). The van der Waals surface area contributed by atoms with Gasteiger partial charge in [0.15, 0.2) is 23.7 Å². The van der Waals surface area contributed by atoms with Gasteiger partial charge < -0.3 is 14.2 Å². The van der Waals surface area contributed by atoms with Gasteiger partial charge in [0, 0.05) is 28.7 Å². The lowest BCUT2D eigenvalue weighted by atomic mass is 9.99. The summed E-state index contributed by atoms with van der Waals surface area (Å²) in [5.74, 6) is -6.97. The fourth-order valence-electron chi connectivity index (χ4n) is 4.61. The molecule has 0 bridgehead atoms. The SMILES string of the molecule is CCC=CC1COC(c2ccc(C(F)(F)Oc3ccc(-c4ccc(-c5cc(F)c(F)c(F)c5)c(F)c4)c(F)c3)cc2)OC1. The van der Waals surface area contributed by atoms with Crippen molar-refractivity contribution in [3.63, 3.8) is 0 Å². The first kappa shape index (κ1) is 30.3. The zero-order valence-corrected chi connectivity index (χ0v) is 22.7. The molecular weight excluding hydrogens is 577 g/mol. The number of rotatable bonds is 8. The van der Waals surface area contributed by atoms with Gasteiger partial charge in [0.05, 0.1) is 18.8 Å². The maximum atomic E-state index is 15.0. The summed E-state index contributed by atoms with van der Waals surface area (Å²) in [5.41, 5.74) is -0.542. The summed E-state index contributed by atoms with van der Waals surface area (Å²) in [5, 5.41) is 0. The number of hydrogen-bond donors (Lipinski definition) is 0. The molecule has 4 aromatic rings. The Morgan fingerprint density at radius 2 is 1.33 bits per heavy atom. The van der Waals surface area contributed by atoms with Gasteiger partial charge in [0.25, 0.3) is 0 Å². The molecule has 1 aliphatic heterocycles. The zero-order valence-electron chi connectivity index (χ0n) is 22.7. The van der Waals surface area contributed by atoms with E-state index in [2.05, 4.69) is 0 Å². The van der Waals surface area contributed by atoms with Gasteiger partial charge in [-0.05, 0) is 60.0 Å². The second kappa shape index (κ2) is 12.6. The van der Waals surface area contributed by atoms with E-state index in [4.69, 9.17) is 14.2 Å². The number of hydrogen-bond acceptors (Lipinski definition) is 3. The van der Waals surface area contributed by atoms with Gasteiger partial charge in [-0.25, -0.2) is 22.0 Å². The third-order valence-corrected chi connectivity index (χ3v) is 6.85. The van der Waals surface area contributed by atoms with Gasteiger partial charge in [0.1, 0.15) is 17.4 Å². The van der Waals surface area contributed by atoms with Crippen LogP contribution in [0.2, 0.25) is 0 Å². The lowest BCUT2D eigenvalue weighted by Crippen LogP contribution is -2.26. The Kier molecular flexibility index (Phi) is 8.89. The van der Waals surface area contributed by atoms with Crippen LogP contribution in [0.15, 0.2) is 84.9 Å². The molecule has 0 atom stereocenters. The largest absolute Gasteiger partial charge is 0.429 e. The number of halogens is 7. The van der Waals surface area contributed by atoms with Crippen molar-refractivity contribution < 1.29 is 44.9 Å². The van der Waals surface area contributed by atoms with Gasteiger partial charge in [-0.3, -0.25) is 0 Å². The fraction of sp³-hybridized carbons (Fsp3) is 0.212. The fourth-order valence-corrected chi connectivity index (χ4v) is 4.61. The first-order chi connectivity index (χ1) is 20.6. The highest BCUT2D eigenvalue weighted by Crippen LogP contribution is 2.36. The number of ether oxygens (including phenoxy) is 3. The monoisotopic (exact) mass is 602 g/mol. The van der Waals surface area contributed by atoms with Crippen LogP contribution in [0.25, 0.3) is 22.3 Å². The molecule has 1 heterocycles. The number of alkyl halides is 2. The maximum Gasteiger partial charge on any atom is 0.426 e. The van der Waals surface area contributed by atoms with E-state index in [1.54, 1.807) is 0 Å². The van der Waals surface area contributed by atoms with Crippen LogP contribution in [0, 0.1) is 35.0 Å². The summed E-state index contributed by atoms with van der Waals surface area (Å²) in [6, 6.07) is 12.8. The predicted octanol–water partition coefficient (Wildman–Crippen LogP) is 9.47. The molecule has 0 amide bonds.